The number of nitrogens with one attached hydrogen (secondary N) is 1. The Bertz CT molecular complexity index is 955. The Hall–Kier alpha value is -2.30. The van der Waals surface area contributed by atoms with Gasteiger partial charge in [0.05, 0.1) is 17.8 Å². The summed E-state index contributed by atoms with van der Waals surface area (Å²) < 4.78 is 16.4. The van der Waals surface area contributed by atoms with E-state index in [1.807, 2.05) is 0 Å². The van der Waals surface area contributed by atoms with Gasteiger partial charge in [-0.1, -0.05) is 0 Å². The summed E-state index contributed by atoms with van der Waals surface area (Å²) in [5.74, 6) is -1.28. The van der Waals surface area contributed by atoms with Gasteiger partial charge in [-0.2, -0.15) is 0 Å². The average Bonchev–Trinajstić information content (AvgIpc) is 3.17. The van der Waals surface area contributed by atoms with Gasteiger partial charge >= 0.3 is 7.60 Å². The van der Waals surface area contributed by atoms with Gasteiger partial charge in [-0.15, -0.1) is 11.3 Å². The summed E-state index contributed by atoms with van der Waals surface area (Å²) in [7, 11) is -4.39. The highest BCUT2D eigenvalue weighted by atomic mass is 32.1. The molecule has 0 unspecified atom stereocenters. The predicted molar refractivity (Wildman–Crippen MR) is 95.4 cm³/mol. The van der Waals surface area contributed by atoms with E-state index in [0.29, 0.717) is 23.2 Å². The van der Waals surface area contributed by atoms with Crippen LogP contribution in [0, 0.1) is 0 Å². The van der Waals surface area contributed by atoms with E-state index in [4.69, 9.17) is 25.4 Å². The topological polar surface area (TPSA) is 172 Å². The molecule has 144 valence electrons. The van der Waals surface area contributed by atoms with Crippen LogP contribution in [-0.4, -0.2) is 50.7 Å². The lowest BCUT2D eigenvalue weighted by Gasteiger charge is -2.17. The van der Waals surface area contributed by atoms with E-state index < -0.39 is 38.4 Å². The molecule has 0 bridgehead atoms. The largest absolute Gasteiger partial charge is 0.480 e. The van der Waals surface area contributed by atoms with E-state index >= 15 is 0 Å². The highest BCUT2D eigenvalue weighted by Gasteiger charge is 2.31. The number of aromatic nitrogens is 1. The van der Waals surface area contributed by atoms with Crippen molar-refractivity contribution < 1.29 is 33.8 Å². The van der Waals surface area contributed by atoms with Crippen molar-refractivity contribution in [2.45, 2.75) is 12.5 Å². The zero-order chi connectivity index (χ0) is 19.8. The molecule has 1 aromatic heterocycles. The highest BCUT2D eigenvalue weighted by Crippen LogP contribution is 2.46. The van der Waals surface area contributed by atoms with E-state index in [0.717, 1.165) is 4.88 Å². The maximum atomic E-state index is 12.6. The van der Waals surface area contributed by atoms with E-state index in [1.165, 1.54) is 23.5 Å². The van der Waals surface area contributed by atoms with Crippen molar-refractivity contribution in [1.29, 1.82) is 0 Å². The van der Waals surface area contributed by atoms with E-state index in [1.54, 1.807) is 5.51 Å². The summed E-state index contributed by atoms with van der Waals surface area (Å²) in [6, 6.07) is 1.61. The summed E-state index contributed by atoms with van der Waals surface area (Å²) in [4.78, 5) is 47.0. The number of carbonyl (C=O) groups is 2. The predicted octanol–water partition coefficient (Wildman–Crippen LogP) is -0.196. The lowest BCUT2D eigenvalue weighted by atomic mass is 10.0. The van der Waals surface area contributed by atoms with Crippen LogP contribution in [0.25, 0.3) is 11.3 Å². The Morgan fingerprint density at radius 3 is 2.78 bits per heavy atom. The molecule has 27 heavy (non-hydrogen) atoms. The van der Waals surface area contributed by atoms with Crippen LogP contribution in [0.2, 0.25) is 0 Å². The fourth-order valence-corrected chi connectivity index (χ4v) is 3.85. The molecular formula is C15H16N3O7PS. The smallest absolute Gasteiger partial charge is 0.362 e. The average molecular weight is 413 g/mol. The molecule has 0 radical (unpaired) electrons. The Morgan fingerprint density at radius 1 is 1.41 bits per heavy atom. The molecule has 1 aromatic carbocycles. The van der Waals surface area contributed by atoms with E-state index in [-0.39, 0.29) is 11.3 Å². The Kier molecular flexibility index (Phi) is 5.31. The lowest BCUT2D eigenvalue weighted by molar-refractivity contribution is -0.120. The summed E-state index contributed by atoms with van der Waals surface area (Å²) >= 11 is 1.38. The van der Waals surface area contributed by atoms with Crippen molar-refractivity contribution in [2.75, 3.05) is 13.0 Å². The third kappa shape index (κ3) is 4.02. The minimum Gasteiger partial charge on any atom is -0.480 e. The second-order valence-electron chi connectivity index (χ2n) is 5.81. The van der Waals surface area contributed by atoms with Crippen LogP contribution in [0.5, 0.6) is 5.75 Å². The van der Waals surface area contributed by atoms with E-state index in [2.05, 4.69) is 10.3 Å². The summed E-state index contributed by atoms with van der Waals surface area (Å²) in [6.07, 6.45) is -0.426. The van der Waals surface area contributed by atoms with Gasteiger partial charge in [0, 0.05) is 22.4 Å². The minimum atomic E-state index is -4.39. The van der Waals surface area contributed by atoms with Crippen molar-refractivity contribution in [2.24, 2.45) is 5.73 Å². The van der Waals surface area contributed by atoms with Crippen LogP contribution in [0.1, 0.15) is 20.8 Å². The fourth-order valence-electron chi connectivity index (χ4n) is 2.76. The molecule has 1 atom stereocenters. The Labute approximate surface area is 157 Å². The highest BCUT2D eigenvalue weighted by molar-refractivity contribution is 7.51. The normalized spacial score (nSPS) is 13.6. The molecule has 0 saturated carbocycles. The number of thiazole rings is 1. The van der Waals surface area contributed by atoms with E-state index in [9.17, 15) is 14.2 Å². The number of nitrogens with zero attached hydrogens (tertiary/aromatic N) is 1. The van der Waals surface area contributed by atoms with Gasteiger partial charge in [-0.25, -0.2) is 4.98 Å². The quantitative estimate of drug-likeness (QED) is 0.331. The monoisotopic (exact) mass is 413 g/mol. The molecule has 3 rings (SSSR count). The number of aliphatic hydroxyl groups is 1. The molecule has 0 spiro atoms. The number of ether oxygens (including phenoxy) is 1. The van der Waals surface area contributed by atoms with Crippen molar-refractivity contribution in [1.82, 2.24) is 10.3 Å². The van der Waals surface area contributed by atoms with Crippen molar-refractivity contribution in [3.63, 3.8) is 0 Å². The number of rotatable bonds is 7. The second kappa shape index (κ2) is 7.37. The number of aliphatic hydroxyl groups excluding tert-OH is 1. The van der Waals surface area contributed by atoms with Crippen molar-refractivity contribution in [3.8, 4) is 17.0 Å². The van der Waals surface area contributed by atoms with Gasteiger partial charge in [0.2, 0.25) is 5.91 Å². The molecule has 2 aromatic rings. The van der Waals surface area contributed by atoms with Crippen LogP contribution in [0.15, 0.2) is 17.6 Å². The molecular weight excluding hydrogens is 397 g/mol. The number of carbonyl (C=O) groups excluding carboxylic acids is 2. The number of nitrogens with two attached hydrogens (primary N) is 1. The number of benzene rings is 1. The maximum absolute atomic E-state index is 12.6. The van der Waals surface area contributed by atoms with Crippen LogP contribution in [0.4, 0.5) is 0 Å². The molecule has 1 aliphatic rings. The zero-order valence-electron chi connectivity index (χ0n) is 13.8. The van der Waals surface area contributed by atoms with Crippen molar-refractivity contribution in [3.05, 3.63) is 33.6 Å². The van der Waals surface area contributed by atoms with Gasteiger partial charge in [0.25, 0.3) is 5.91 Å². The summed E-state index contributed by atoms with van der Waals surface area (Å²) in [5.41, 5.74) is 8.61. The second-order valence-corrected chi connectivity index (χ2v) is 8.34. The first-order chi connectivity index (χ1) is 12.7. The first-order valence-corrected chi connectivity index (χ1v) is 10.4. The molecule has 0 fully saturated rings. The van der Waals surface area contributed by atoms with Crippen LogP contribution < -0.4 is 15.8 Å². The van der Waals surface area contributed by atoms with Crippen LogP contribution in [0.3, 0.4) is 0 Å². The minimum absolute atomic E-state index is 0.197. The zero-order valence-corrected chi connectivity index (χ0v) is 15.5. The molecule has 2 amide bonds. The fraction of sp³-hybridized carbons (Fsp3) is 0.267. The van der Waals surface area contributed by atoms with Crippen molar-refractivity contribution >= 4 is 30.7 Å². The molecule has 12 heteroatoms. The number of amides is 2. The molecule has 0 saturated heterocycles. The summed E-state index contributed by atoms with van der Waals surface area (Å²) in [6.45, 7) is -0.637. The number of hydrogen-bond acceptors (Lipinski definition) is 7. The molecule has 0 aliphatic heterocycles. The standard InChI is InChI=1S/C15H16N3O7PS/c16-14(20)9(4-19)18-15(21)7-1-2-10(25-6-26(22,23)24)12-8(7)3-11-13(12)17-5-27-11/h1-2,5,9,19H,3-4,6H2,(H2,16,20)(H,18,21)(H2,22,23,24)/t9-/m0/s1. The molecule has 10 nitrogen and oxygen atoms in total. The summed E-state index contributed by atoms with van der Waals surface area (Å²) in [5, 5.41) is 11.5. The van der Waals surface area contributed by atoms with Gasteiger partial charge in [0.1, 0.15) is 11.8 Å². The maximum Gasteiger partial charge on any atom is 0.362 e. The third-order valence-electron chi connectivity index (χ3n) is 3.95. The van der Waals surface area contributed by atoms with Crippen LogP contribution >= 0.6 is 18.9 Å². The third-order valence-corrected chi connectivity index (χ3v) is 5.25. The van der Waals surface area contributed by atoms with Crippen LogP contribution in [-0.2, 0) is 15.8 Å². The molecule has 1 heterocycles. The number of primary amides is 1. The number of fused-ring (bicyclic) bond motifs is 3. The molecule has 6 N–H and O–H groups in total. The van der Waals surface area contributed by atoms with Gasteiger partial charge in [0.15, 0.2) is 6.35 Å². The lowest BCUT2D eigenvalue weighted by Crippen LogP contribution is -2.47. The Balaban J connectivity index is 1.98. The first-order valence-electron chi connectivity index (χ1n) is 7.68. The van der Waals surface area contributed by atoms with Gasteiger partial charge < -0.3 is 30.7 Å². The van der Waals surface area contributed by atoms with Gasteiger partial charge in [-0.3, -0.25) is 14.2 Å². The first kappa shape index (κ1) is 19.5. The number of hydrogen-bond donors (Lipinski definition) is 5. The van der Waals surface area contributed by atoms with Gasteiger partial charge in [-0.05, 0) is 17.7 Å². The Morgan fingerprint density at radius 2 is 2.15 bits per heavy atom. The SMILES string of the molecule is NC(=O)[C@H](CO)NC(=O)c1ccc(OCP(=O)(O)O)c2c1Cc1scnc1-2. The molecule has 1 aliphatic carbocycles.